The van der Waals surface area contributed by atoms with Gasteiger partial charge in [0.2, 0.25) is 0 Å². The Balaban J connectivity index is 2.21. The van der Waals surface area contributed by atoms with Gasteiger partial charge in [-0.25, -0.2) is 9.78 Å². The number of hydrogen-bond donors (Lipinski definition) is 2. The number of aromatic nitrogens is 1. The second kappa shape index (κ2) is 4.84. The van der Waals surface area contributed by atoms with Gasteiger partial charge < -0.3 is 10.5 Å². The lowest BCUT2D eigenvalue weighted by Crippen LogP contribution is -2.18. The molecule has 1 aromatic heterocycles. The minimum absolute atomic E-state index is 0.489. The Morgan fingerprint density at radius 1 is 1.41 bits per heavy atom. The number of methoxy groups -OCH3 is 1. The summed E-state index contributed by atoms with van der Waals surface area (Å²) in [6.45, 7) is 0. The van der Waals surface area contributed by atoms with Gasteiger partial charge in [-0.2, -0.15) is 0 Å². The van der Waals surface area contributed by atoms with Crippen molar-refractivity contribution in [3.63, 3.8) is 0 Å². The molecule has 2 aromatic rings. The van der Waals surface area contributed by atoms with Crippen molar-refractivity contribution in [2.75, 3.05) is 12.4 Å². The second-order valence-corrected chi connectivity index (χ2v) is 4.11. The lowest BCUT2D eigenvalue weighted by atomic mass is 10.2. The minimum atomic E-state index is -0.611. The smallest absolute Gasteiger partial charge is 0.318 e. The fourth-order valence-electron chi connectivity index (χ4n) is 1.33. The SMILES string of the molecule is COc1ccc(-c2csc(NC(N)=O)n2)cc1. The average Bonchev–Trinajstić information content (AvgIpc) is 2.77. The third-order valence-corrected chi connectivity index (χ3v) is 2.88. The zero-order chi connectivity index (χ0) is 12.3. The van der Waals surface area contributed by atoms with E-state index < -0.39 is 6.03 Å². The van der Waals surface area contributed by atoms with Crippen LogP contribution in [0.5, 0.6) is 5.75 Å². The number of primary amides is 1. The van der Waals surface area contributed by atoms with Crippen molar-refractivity contribution >= 4 is 22.5 Å². The van der Waals surface area contributed by atoms with Crippen LogP contribution in [0.3, 0.4) is 0 Å². The van der Waals surface area contributed by atoms with Crippen LogP contribution < -0.4 is 15.8 Å². The maximum atomic E-state index is 10.7. The molecule has 0 unspecified atom stereocenters. The Morgan fingerprint density at radius 2 is 2.12 bits per heavy atom. The van der Waals surface area contributed by atoms with Gasteiger partial charge in [-0.3, -0.25) is 5.32 Å². The fraction of sp³-hybridized carbons (Fsp3) is 0.0909. The molecule has 0 saturated carbocycles. The van der Waals surface area contributed by atoms with Crippen molar-refractivity contribution in [3.05, 3.63) is 29.6 Å². The molecule has 0 aliphatic rings. The number of nitrogens with one attached hydrogen (secondary N) is 1. The number of nitrogens with zero attached hydrogens (tertiary/aromatic N) is 1. The first-order valence-electron chi connectivity index (χ1n) is 4.85. The monoisotopic (exact) mass is 249 g/mol. The number of urea groups is 1. The van der Waals surface area contributed by atoms with Crippen LogP contribution in [0.15, 0.2) is 29.6 Å². The summed E-state index contributed by atoms with van der Waals surface area (Å²) in [5.41, 5.74) is 6.76. The summed E-state index contributed by atoms with van der Waals surface area (Å²) < 4.78 is 5.07. The number of rotatable bonds is 3. The Hall–Kier alpha value is -2.08. The molecule has 0 aliphatic carbocycles. The van der Waals surface area contributed by atoms with Crippen LogP contribution in [0.25, 0.3) is 11.3 Å². The van der Waals surface area contributed by atoms with E-state index in [4.69, 9.17) is 10.5 Å². The van der Waals surface area contributed by atoms with E-state index in [9.17, 15) is 4.79 Å². The predicted octanol–water partition coefficient (Wildman–Crippen LogP) is 2.31. The number of hydrogen-bond acceptors (Lipinski definition) is 4. The Labute approximate surface area is 102 Å². The van der Waals surface area contributed by atoms with Gasteiger partial charge in [0.15, 0.2) is 5.13 Å². The van der Waals surface area contributed by atoms with Gasteiger partial charge in [0.1, 0.15) is 5.75 Å². The molecular formula is C11H11N3O2S. The highest BCUT2D eigenvalue weighted by Gasteiger charge is 2.05. The van der Waals surface area contributed by atoms with Crippen molar-refractivity contribution in [1.29, 1.82) is 0 Å². The van der Waals surface area contributed by atoms with Crippen LogP contribution in [0, 0.1) is 0 Å². The second-order valence-electron chi connectivity index (χ2n) is 3.26. The molecule has 0 atom stereocenters. The summed E-state index contributed by atoms with van der Waals surface area (Å²) in [4.78, 5) is 14.9. The Bertz CT molecular complexity index is 522. The average molecular weight is 249 g/mol. The summed E-state index contributed by atoms with van der Waals surface area (Å²) in [6.07, 6.45) is 0. The molecule has 5 nitrogen and oxygen atoms in total. The molecule has 0 spiro atoms. The van der Waals surface area contributed by atoms with Gasteiger partial charge in [0, 0.05) is 10.9 Å². The lowest BCUT2D eigenvalue weighted by Gasteiger charge is -2.00. The molecule has 1 aromatic carbocycles. The number of thiazole rings is 1. The zero-order valence-corrected chi connectivity index (χ0v) is 9.95. The first-order valence-corrected chi connectivity index (χ1v) is 5.73. The third-order valence-electron chi connectivity index (χ3n) is 2.12. The largest absolute Gasteiger partial charge is 0.497 e. The number of benzene rings is 1. The number of ether oxygens (including phenoxy) is 1. The fourth-order valence-corrected chi connectivity index (χ4v) is 2.05. The molecule has 17 heavy (non-hydrogen) atoms. The van der Waals surface area contributed by atoms with E-state index in [0.29, 0.717) is 5.13 Å². The van der Waals surface area contributed by atoms with Gasteiger partial charge >= 0.3 is 6.03 Å². The molecule has 0 saturated heterocycles. The molecule has 0 fully saturated rings. The Morgan fingerprint density at radius 3 is 2.71 bits per heavy atom. The van der Waals surface area contributed by atoms with Gasteiger partial charge in [-0.1, -0.05) is 0 Å². The molecule has 0 bridgehead atoms. The van der Waals surface area contributed by atoms with Gasteiger partial charge in [0.05, 0.1) is 12.8 Å². The first-order chi connectivity index (χ1) is 8.19. The van der Waals surface area contributed by atoms with Crippen molar-refractivity contribution in [2.45, 2.75) is 0 Å². The minimum Gasteiger partial charge on any atom is -0.497 e. The van der Waals surface area contributed by atoms with Gasteiger partial charge in [-0.15, -0.1) is 11.3 Å². The van der Waals surface area contributed by atoms with Gasteiger partial charge in [-0.05, 0) is 24.3 Å². The first kappa shape index (κ1) is 11.4. The maximum Gasteiger partial charge on any atom is 0.318 e. The van der Waals surface area contributed by atoms with Crippen molar-refractivity contribution in [3.8, 4) is 17.0 Å². The maximum absolute atomic E-state index is 10.7. The van der Waals surface area contributed by atoms with E-state index in [0.717, 1.165) is 17.0 Å². The molecule has 3 N–H and O–H groups in total. The summed E-state index contributed by atoms with van der Waals surface area (Å²) in [5, 5.41) is 4.78. The third kappa shape index (κ3) is 2.73. The summed E-state index contributed by atoms with van der Waals surface area (Å²) in [7, 11) is 1.62. The summed E-state index contributed by atoms with van der Waals surface area (Å²) in [5.74, 6) is 0.791. The molecule has 0 radical (unpaired) electrons. The van der Waals surface area contributed by atoms with E-state index in [2.05, 4.69) is 10.3 Å². The standard InChI is InChI=1S/C11H11N3O2S/c1-16-8-4-2-7(3-5-8)9-6-17-11(13-9)14-10(12)15/h2-6H,1H3,(H3,12,13,14,15). The number of amides is 2. The van der Waals surface area contributed by atoms with Crippen LogP contribution in [0.2, 0.25) is 0 Å². The van der Waals surface area contributed by atoms with Crippen LogP contribution in [-0.2, 0) is 0 Å². The number of carbonyl (C=O) groups excluding carboxylic acids is 1. The molecule has 88 valence electrons. The van der Waals surface area contributed by atoms with E-state index >= 15 is 0 Å². The van der Waals surface area contributed by atoms with E-state index in [1.165, 1.54) is 11.3 Å². The summed E-state index contributed by atoms with van der Waals surface area (Å²) in [6, 6.07) is 6.91. The highest BCUT2D eigenvalue weighted by molar-refractivity contribution is 7.14. The van der Waals surface area contributed by atoms with Gasteiger partial charge in [0.25, 0.3) is 0 Å². The summed E-state index contributed by atoms with van der Waals surface area (Å²) >= 11 is 1.33. The number of anilines is 1. The molecule has 2 rings (SSSR count). The van der Waals surface area contributed by atoms with Crippen molar-refractivity contribution in [1.82, 2.24) is 4.98 Å². The quantitative estimate of drug-likeness (QED) is 0.876. The zero-order valence-electron chi connectivity index (χ0n) is 9.14. The normalized spacial score (nSPS) is 9.94. The van der Waals surface area contributed by atoms with E-state index in [1.807, 2.05) is 29.6 Å². The number of nitrogens with two attached hydrogens (primary N) is 1. The van der Waals surface area contributed by atoms with E-state index in [1.54, 1.807) is 7.11 Å². The molecule has 1 heterocycles. The molecule has 2 amide bonds. The van der Waals surface area contributed by atoms with Crippen LogP contribution in [-0.4, -0.2) is 18.1 Å². The topological polar surface area (TPSA) is 77.2 Å². The highest BCUT2D eigenvalue weighted by atomic mass is 32.1. The lowest BCUT2D eigenvalue weighted by molar-refractivity contribution is 0.259. The van der Waals surface area contributed by atoms with Crippen LogP contribution in [0.4, 0.5) is 9.93 Å². The molecular weight excluding hydrogens is 238 g/mol. The van der Waals surface area contributed by atoms with E-state index in [-0.39, 0.29) is 0 Å². The van der Waals surface area contributed by atoms with Crippen LogP contribution in [0.1, 0.15) is 0 Å². The predicted molar refractivity (Wildman–Crippen MR) is 67.3 cm³/mol. The number of carbonyl (C=O) groups is 1. The van der Waals surface area contributed by atoms with Crippen molar-refractivity contribution in [2.24, 2.45) is 5.73 Å². The highest BCUT2D eigenvalue weighted by Crippen LogP contribution is 2.26. The van der Waals surface area contributed by atoms with Crippen molar-refractivity contribution < 1.29 is 9.53 Å². The molecule has 6 heteroatoms. The van der Waals surface area contributed by atoms with Crippen LogP contribution >= 0.6 is 11.3 Å². The molecule has 0 aliphatic heterocycles. The Kier molecular flexibility index (Phi) is 3.24.